The lowest BCUT2D eigenvalue weighted by Crippen LogP contribution is -2.12. The third kappa shape index (κ3) is 3.35. The maximum atomic E-state index is 12.4. The van der Waals surface area contributed by atoms with Crippen LogP contribution in [-0.4, -0.2) is 23.0 Å². The van der Waals surface area contributed by atoms with E-state index < -0.39 is 0 Å². The van der Waals surface area contributed by atoms with Crippen molar-refractivity contribution in [3.05, 3.63) is 65.4 Å². The molecule has 0 aliphatic heterocycles. The van der Waals surface area contributed by atoms with E-state index in [-0.39, 0.29) is 5.91 Å². The van der Waals surface area contributed by atoms with Crippen LogP contribution in [0.1, 0.15) is 10.4 Å². The molecule has 0 atom stereocenters. The van der Waals surface area contributed by atoms with Crippen LogP contribution in [0.5, 0.6) is 5.75 Å². The maximum Gasteiger partial charge on any atom is 0.255 e. The molecule has 0 spiro atoms. The molecule has 1 aromatic heterocycles. The van der Waals surface area contributed by atoms with E-state index >= 15 is 0 Å². The van der Waals surface area contributed by atoms with Crippen molar-refractivity contribution in [2.24, 2.45) is 0 Å². The van der Waals surface area contributed by atoms with E-state index in [4.69, 9.17) is 16.3 Å². The lowest BCUT2D eigenvalue weighted by atomic mass is 10.1. The van der Waals surface area contributed by atoms with Crippen LogP contribution in [0, 0.1) is 0 Å². The summed E-state index contributed by atoms with van der Waals surface area (Å²) < 4.78 is 5.22. The van der Waals surface area contributed by atoms with Gasteiger partial charge in [-0.3, -0.25) is 4.79 Å². The van der Waals surface area contributed by atoms with Crippen molar-refractivity contribution in [3.8, 4) is 17.1 Å². The number of carbonyl (C=O) groups excluding carboxylic acids is 1. The first-order valence-corrected chi connectivity index (χ1v) is 7.30. The van der Waals surface area contributed by atoms with Gasteiger partial charge in [-0.15, -0.1) is 0 Å². The molecule has 5 nitrogen and oxygen atoms in total. The number of aromatic amines is 1. The van der Waals surface area contributed by atoms with E-state index in [9.17, 15) is 4.79 Å². The number of nitrogens with one attached hydrogen (secondary N) is 2. The number of amides is 1. The number of carbonyl (C=O) groups is 1. The van der Waals surface area contributed by atoms with Crippen LogP contribution in [0.4, 0.5) is 5.69 Å². The average molecular weight is 328 g/mol. The fourth-order valence-corrected chi connectivity index (χ4v) is 2.35. The number of H-pyrrole nitrogens is 1. The first kappa shape index (κ1) is 15.1. The number of imidazole rings is 1. The number of hydrogen-bond acceptors (Lipinski definition) is 3. The number of methoxy groups -OCH3 is 1. The molecule has 2 N–H and O–H groups in total. The van der Waals surface area contributed by atoms with Gasteiger partial charge in [-0.1, -0.05) is 23.7 Å². The Labute approximate surface area is 138 Å². The fourth-order valence-electron chi connectivity index (χ4n) is 2.17. The summed E-state index contributed by atoms with van der Waals surface area (Å²) in [6.07, 6.45) is 3.43. The minimum Gasteiger partial charge on any atom is -0.495 e. The Morgan fingerprint density at radius 3 is 2.65 bits per heavy atom. The number of ether oxygens (including phenoxy) is 1. The molecule has 0 bridgehead atoms. The molecule has 0 unspecified atom stereocenters. The summed E-state index contributed by atoms with van der Waals surface area (Å²) in [5.41, 5.74) is 1.97. The topological polar surface area (TPSA) is 67.0 Å². The largest absolute Gasteiger partial charge is 0.495 e. The minimum atomic E-state index is -0.239. The number of benzene rings is 2. The van der Waals surface area contributed by atoms with E-state index in [0.717, 1.165) is 11.4 Å². The Kier molecular flexibility index (Phi) is 4.30. The van der Waals surface area contributed by atoms with Crippen molar-refractivity contribution >= 4 is 23.2 Å². The number of halogens is 1. The van der Waals surface area contributed by atoms with Crippen molar-refractivity contribution < 1.29 is 9.53 Å². The van der Waals surface area contributed by atoms with E-state index in [1.807, 2.05) is 12.1 Å². The summed E-state index contributed by atoms with van der Waals surface area (Å²) in [5.74, 6) is 1.07. The van der Waals surface area contributed by atoms with Crippen LogP contribution in [0.25, 0.3) is 11.4 Å². The number of rotatable bonds is 4. The van der Waals surface area contributed by atoms with Crippen molar-refractivity contribution in [1.29, 1.82) is 0 Å². The van der Waals surface area contributed by atoms with Gasteiger partial charge in [-0.05, 0) is 30.3 Å². The van der Waals surface area contributed by atoms with Crippen LogP contribution in [0.2, 0.25) is 5.02 Å². The molecule has 2 aromatic carbocycles. The predicted molar refractivity (Wildman–Crippen MR) is 90.0 cm³/mol. The summed E-state index contributed by atoms with van der Waals surface area (Å²) in [6.45, 7) is 0. The molecule has 0 saturated carbocycles. The van der Waals surface area contributed by atoms with E-state index in [1.54, 1.807) is 42.7 Å². The summed E-state index contributed by atoms with van der Waals surface area (Å²) in [5, 5.41) is 3.32. The minimum absolute atomic E-state index is 0.239. The zero-order valence-electron chi connectivity index (χ0n) is 12.3. The molecule has 0 aliphatic carbocycles. The second-order valence-electron chi connectivity index (χ2n) is 4.81. The van der Waals surface area contributed by atoms with Crippen LogP contribution >= 0.6 is 11.6 Å². The number of anilines is 1. The van der Waals surface area contributed by atoms with Gasteiger partial charge in [-0.2, -0.15) is 0 Å². The molecule has 1 heterocycles. The average Bonchev–Trinajstić information content (AvgIpc) is 3.10. The van der Waals surface area contributed by atoms with Crippen molar-refractivity contribution in [2.45, 2.75) is 0 Å². The van der Waals surface area contributed by atoms with Crippen LogP contribution in [0.3, 0.4) is 0 Å². The summed E-state index contributed by atoms with van der Waals surface area (Å²) in [7, 11) is 1.54. The Bertz CT molecular complexity index is 814. The van der Waals surface area contributed by atoms with Crippen molar-refractivity contribution in [2.75, 3.05) is 12.4 Å². The third-order valence-corrected chi connectivity index (χ3v) is 3.56. The zero-order chi connectivity index (χ0) is 16.2. The normalized spacial score (nSPS) is 10.3. The summed E-state index contributed by atoms with van der Waals surface area (Å²) >= 11 is 5.96. The molecule has 116 valence electrons. The quantitative estimate of drug-likeness (QED) is 0.761. The summed E-state index contributed by atoms with van der Waals surface area (Å²) in [6, 6.07) is 12.2. The molecule has 23 heavy (non-hydrogen) atoms. The highest BCUT2D eigenvalue weighted by Crippen LogP contribution is 2.28. The molecule has 0 fully saturated rings. The second kappa shape index (κ2) is 6.54. The molecule has 3 rings (SSSR count). The molecule has 1 amide bonds. The zero-order valence-corrected chi connectivity index (χ0v) is 13.1. The van der Waals surface area contributed by atoms with Gasteiger partial charge in [-0.25, -0.2) is 4.98 Å². The smallest absolute Gasteiger partial charge is 0.255 e. The SMILES string of the molecule is COc1ccc(Cl)cc1NC(=O)c1ccc(-c2ncc[nH]2)cc1. The lowest BCUT2D eigenvalue weighted by Gasteiger charge is -2.10. The van der Waals surface area contributed by atoms with E-state index in [2.05, 4.69) is 15.3 Å². The molecular formula is C17H14ClN3O2. The molecule has 6 heteroatoms. The Hall–Kier alpha value is -2.79. The Morgan fingerprint density at radius 2 is 2.00 bits per heavy atom. The predicted octanol–water partition coefficient (Wildman–Crippen LogP) is 3.99. The van der Waals surface area contributed by atoms with Crippen LogP contribution < -0.4 is 10.1 Å². The summed E-state index contributed by atoms with van der Waals surface area (Å²) in [4.78, 5) is 19.6. The molecule has 0 saturated heterocycles. The third-order valence-electron chi connectivity index (χ3n) is 3.33. The van der Waals surface area contributed by atoms with E-state index in [1.165, 1.54) is 7.11 Å². The van der Waals surface area contributed by atoms with Crippen molar-refractivity contribution in [1.82, 2.24) is 9.97 Å². The molecule has 0 aliphatic rings. The standard InChI is InChI=1S/C17H14ClN3O2/c1-23-15-7-6-13(18)10-14(15)21-17(22)12-4-2-11(3-5-12)16-19-8-9-20-16/h2-10H,1H3,(H,19,20)(H,21,22). The maximum absolute atomic E-state index is 12.4. The van der Waals surface area contributed by atoms with Gasteiger partial charge in [0.15, 0.2) is 0 Å². The van der Waals surface area contributed by atoms with Gasteiger partial charge < -0.3 is 15.0 Å². The first-order valence-electron chi connectivity index (χ1n) is 6.92. The van der Waals surface area contributed by atoms with Gasteiger partial charge in [0.05, 0.1) is 12.8 Å². The molecular weight excluding hydrogens is 314 g/mol. The highest BCUT2D eigenvalue weighted by molar-refractivity contribution is 6.31. The Balaban J connectivity index is 1.80. The molecule has 3 aromatic rings. The van der Waals surface area contributed by atoms with Crippen LogP contribution in [-0.2, 0) is 0 Å². The van der Waals surface area contributed by atoms with Crippen LogP contribution in [0.15, 0.2) is 54.9 Å². The number of hydrogen-bond donors (Lipinski definition) is 2. The lowest BCUT2D eigenvalue weighted by molar-refractivity contribution is 0.102. The molecule has 0 radical (unpaired) electrons. The number of nitrogens with zero attached hydrogens (tertiary/aromatic N) is 1. The first-order chi connectivity index (χ1) is 11.2. The number of aromatic nitrogens is 2. The van der Waals surface area contributed by atoms with Crippen molar-refractivity contribution in [3.63, 3.8) is 0 Å². The monoisotopic (exact) mass is 327 g/mol. The highest BCUT2D eigenvalue weighted by atomic mass is 35.5. The fraction of sp³-hybridized carbons (Fsp3) is 0.0588. The van der Waals surface area contributed by atoms with Gasteiger partial charge in [0, 0.05) is 28.5 Å². The van der Waals surface area contributed by atoms with Gasteiger partial charge in [0.2, 0.25) is 0 Å². The highest BCUT2D eigenvalue weighted by Gasteiger charge is 2.11. The van der Waals surface area contributed by atoms with Gasteiger partial charge >= 0.3 is 0 Å². The Morgan fingerprint density at radius 1 is 1.22 bits per heavy atom. The van der Waals surface area contributed by atoms with Gasteiger partial charge in [0.25, 0.3) is 5.91 Å². The van der Waals surface area contributed by atoms with E-state index in [0.29, 0.717) is 22.0 Å². The second-order valence-corrected chi connectivity index (χ2v) is 5.25. The van der Waals surface area contributed by atoms with Gasteiger partial charge in [0.1, 0.15) is 11.6 Å².